The number of piperidine rings is 1. The minimum atomic E-state index is -0.106. The first kappa shape index (κ1) is 22.7. The monoisotopic (exact) mass is 445 g/mol. The van der Waals surface area contributed by atoms with Crippen LogP contribution in [0.5, 0.6) is 5.75 Å². The van der Waals surface area contributed by atoms with Gasteiger partial charge in [-0.1, -0.05) is 18.2 Å². The van der Waals surface area contributed by atoms with Gasteiger partial charge in [0.1, 0.15) is 5.75 Å². The SMILES string of the molecule is COc1ccccc1CC(=O)N1CCCC[C@@H]1c1nc(N(C)C)ncc1-c1ccncc1C. The molecule has 1 aromatic carbocycles. The first-order chi connectivity index (χ1) is 16.0. The van der Waals surface area contributed by atoms with Crippen molar-refractivity contribution in [3.8, 4) is 16.9 Å². The summed E-state index contributed by atoms with van der Waals surface area (Å²) in [6.07, 6.45) is 8.75. The normalized spacial score (nSPS) is 15.9. The third kappa shape index (κ3) is 4.82. The molecular weight excluding hydrogens is 414 g/mol. The van der Waals surface area contributed by atoms with Crippen molar-refractivity contribution in [2.75, 3.05) is 32.6 Å². The van der Waals surface area contributed by atoms with E-state index in [1.807, 2.05) is 73.5 Å². The lowest BCUT2D eigenvalue weighted by Crippen LogP contribution is -2.40. The maximum absolute atomic E-state index is 13.6. The van der Waals surface area contributed by atoms with Gasteiger partial charge in [-0.25, -0.2) is 9.97 Å². The number of amides is 1. The predicted octanol–water partition coefficient (Wildman–Crippen LogP) is 4.22. The smallest absolute Gasteiger partial charge is 0.227 e. The first-order valence-electron chi connectivity index (χ1n) is 11.4. The van der Waals surface area contributed by atoms with Gasteiger partial charge < -0.3 is 14.5 Å². The molecule has 3 heterocycles. The predicted molar refractivity (Wildman–Crippen MR) is 129 cm³/mol. The van der Waals surface area contributed by atoms with Crippen molar-refractivity contribution in [1.29, 1.82) is 0 Å². The largest absolute Gasteiger partial charge is 0.496 e. The van der Waals surface area contributed by atoms with Crippen molar-refractivity contribution in [3.63, 3.8) is 0 Å². The fraction of sp³-hybridized carbons (Fsp3) is 0.385. The molecule has 0 N–H and O–H groups in total. The van der Waals surface area contributed by atoms with Crippen LogP contribution in [-0.4, -0.2) is 53.5 Å². The molecule has 1 atom stereocenters. The Labute approximate surface area is 195 Å². The van der Waals surface area contributed by atoms with Crippen LogP contribution in [0.25, 0.3) is 11.1 Å². The van der Waals surface area contributed by atoms with Gasteiger partial charge in [0.15, 0.2) is 0 Å². The Hall–Kier alpha value is -3.48. The zero-order chi connectivity index (χ0) is 23.4. The second kappa shape index (κ2) is 9.98. The number of aryl methyl sites for hydroxylation is 1. The number of para-hydroxylation sites is 1. The molecule has 1 fully saturated rings. The van der Waals surface area contributed by atoms with Gasteiger partial charge in [-0.2, -0.15) is 0 Å². The molecule has 4 rings (SSSR count). The summed E-state index contributed by atoms with van der Waals surface area (Å²) >= 11 is 0. The quantitative estimate of drug-likeness (QED) is 0.566. The van der Waals surface area contributed by atoms with Crippen LogP contribution in [0.4, 0.5) is 5.95 Å². The fourth-order valence-electron chi connectivity index (χ4n) is 4.47. The highest BCUT2D eigenvalue weighted by Crippen LogP contribution is 2.37. The molecule has 0 saturated carbocycles. The van der Waals surface area contributed by atoms with Gasteiger partial charge in [0.25, 0.3) is 0 Å². The number of benzene rings is 1. The van der Waals surface area contributed by atoms with Crippen molar-refractivity contribution in [1.82, 2.24) is 19.9 Å². The lowest BCUT2D eigenvalue weighted by Gasteiger charge is -2.36. The second-order valence-electron chi connectivity index (χ2n) is 8.64. The molecule has 0 spiro atoms. The number of hydrogen-bond donors (Lipinski definition) is 0. The van der Waals surface area contributed by atoms with Crippen LogP contribution in [0.3, 0.4) is 0 Å². The lowest BCUT2D eigenvalue weighted by atomic mass is 9.92. The molecular formula is C26H31N5O2. The molecule has 0 bridgehead atoms. The van der Waals surface area contributed by atoms with Crippen molar-refractivity contribution in [3.05, 3.63) is 65.7 Å². The molecule has 172 valence electrons. The number of pyridine rings is 1. The Bertz CT molecular complexity index is 1130. The van der Waals surface area contributed by atoms with Gasteiger partial charge in [-0.15, -0.1) is 0 Å². The molecule has 0 aliphatic carbocycles. The Morgan fingerprint density at radius 1 is 1.15 bits per heavy atom. The summed E-state index contributed by atoms with van der Waals surface area (Å²) in [6.45, 7) is 2.76. The molecule has 0 radical (unpaired) electrons. The van der Waals surface area contributed by atoms with Crippen molar-refractivity contribution in [2.45, 2.75) is 38.6 Å². The molecule has 1 amide bonds. The first-order valence-corrected chi connectivity index (χ1v) is 11.4. The van der Waals surface area contributed by atoms with Gasteiger partial charge in [-0.3, -0.25) is 9.78 Å². The van der Waals surface area contributed by atoms with Gasteiger partial charge in [-0.05, 0) is 49.4 Å². The molecule has 3 aromatic rings. The summed E-state index contributed by atoms with van der Waals surface area (Å²) in [7, 11) is 5.50. The van der Waals surface area contributed by atoms with Gasteiger partial charge in [0, 0.05) is 50.4 Å². The molecule has 1 aliphatic rings. The molecule has 7 nitrogen and oxygen atoms in total. The molecule has 0 unspecified atom stereocenters. The van der Waals surface area contributed by atoms with E-state index in [0.29, 0.717) is 18.9 Å². The number of hydrogen-bond acceptors (Lipinski definition) is 6. The third-order valence-corrected chi connectivity index (χ3v) is 6.19. The van der Waals surface area contributed by atoms with Gasteiger partial charge in [0.2, 0.25) is 11.9 Å². The number of likely N-dealkylation sites (tertiary alicyclic amines) is 1. The van der Waals surface area contributed by atoms with Gasteiger partial charge in [0.05, 0.1) is 25.3 Å². The Kier molecular flexibility index (Phi) is 6.87. The fourth-order valence-corrected chi connectivity index (χ4v) is 4.47. The highest BCUT2D eigenvalue weighted by atomic mass is 16.5. The van der Waals surface area contributed by atoms with E-state index in [9.17, 15) is 4.79 Å². The third-order valence-electron chi connectivity index (χ3n) is 6.19. The minimum Gasteiger partial charge on any atom is -0.496 e. The lowest BCUT2D eigenvalue weighted by molar-refractivity contribution is -0.134. The number of carbonyl (C=O) groups excluding carboxylic acids is 1. The van der Waals surface area contributed by atoms with Crippen LogP contribution in [-0.2, 0) is 11.2 Å². The summed E-state index contributed by atoms with van der Waals surface area (Å²) in [5.41, 5.74) is 4.87. The number of rotatable bonds is 6. The van der Waals surface area contributed by atoms with Crippen molar-refractivity contribution >= 4 is 11.9 Å². The number of aromatic nitrogens is 3. The maximum atomic E-state index is 13.6. The van der Waals surface area contributed by atoms with Crippen LogP contribution in [0.15, 0.2) is 48.9 Å². The Balaban J connectivity index is 1.74. The van der Waals surface area contributed by atoms with Crippen molar-refractivity contribution < 1.29 is 9.53 Å². The van der Waals surface area contributed by atoms with E-state index in [4.69, 9.17) is 9.72 Å². The number of nitrogens with zero attached hydrogens (tertiary/aromatic N) is 5. The average molecular weight is 446 g/mol. The molecule has 7 heteroatoms. The van der Waals surface area contributed by atoms with E-state index >= 15 is 0 Å². The summed E-state index contributed by atoms with van der Waals surface area (Å²) in [4.78, 5) is 31.2. The van der Waals surface area contributed by atoms with E-state index < -0.39 is 0 Å². The van der Waals surface area contributed by atoms with Crippen molar-refractivity contribution in [2.24, 2.45) is 0 Å². The average Bonchev–Trinajstić information content (AvgIpc) is 2.84. The minimum absolute atomic E-state index is 0.0895. The summed E-state index contributed by atoms with van der Waals surface area (Å²) in [5.74, 6) is 1.47. The van der Waals surface area contributed by atoms with Crippen LogP contribution in [0, 0.1) is 6.92 Å². The van der Waals surface area contributed by atoms with E-state index in [-0.39, 0.29) is 11.9 Å². The highest BCUT2D eigenvalue weighted by molar-refractivity contribution is 5.81. The number of methoxy groups -OCH3 is 1. The molecule has 33 heavy (non-hydrogen) atoms. The van der Waals surface area contributed by atoms with Crippen LogP contribution in [0.1, 0.15) is 42.1 Å². The van der Waals surface area contributed by atoms with E-state index in [1.54, 1.807) is 13.3 Å². The second-order valence-corrected chi connectivity index (χ2v) is 8.64. The molecule has 1 aliphatic heterocycles. The summed E-state index contributed by atoms with van der Waals surface area (Å²) in [6, 6.07) is 9.60. The van der Waals surface area contributed by atoms with Crippen LogP contribution < -0.4 is 9.64 Å². The number of anilines is 1. The maximum Gasteiger partial charge on any atom is 0.227 e. The van der Waals surface area contributed by atoms with Gasteiger partial charge >= 0.3 is 0 Å². The topological polar surface area (TPSA) is 71.5 Å². The van der Waals surface area contributed by atoms with E-state index in [0.717, 1.165) is 53.0 Å². The molecule has 1 saturated heterocycles. The number of carbonyl (C=O) groups is 1. The standard InChI is InChI=1S/C26H31N5O2/c1-18-16-27-13-12-20(18)21-17-28-26(30(2)3)29-25(21)22-10-7-8-14-31(22)24(32)15-19-9-5-6-11-23(19)33-4/h5-6,9,11-13,16-17,22H,7-8,10,14-15H2,1-4H3/t22-/m1/s1. The van der Waals surface area contributed by atoms with E-state index in [1.165, 1.54) is 0 Å². The zero-order valence-corrected chi connectivity index (χ0v) is 19.8. The zero-order valence-electron chi connectivity index (χ0n) is 19.8. The summed E-state index contributed by atoms with van der Waals surface area (Å²) in [5, 5.41) is 0. The van der Waals surface area contributed by atoms with E-state index in [2.05, 4.69) is 9.97 Å². The van der Waals surface area contributed by atoms with Crippen LogP contribution in [0.2, 0.25) is 0 Å². The Morgan fingerprint density at radius 2 is 1.97 bits per heavy atom. The Morgan fingerprint density at radius 3 is 2.73 bits per heavy atom. The molecule has 2 aromatic heterocycles. The highest BCUT2D eigenvalue weighted by Gasteiger charge is 2.32. The number of ether oxygens (including phenoxy) is 1. The summed E-state index contributed by atoms with van der Waals surface area (Å²) < 4.78 is 5.47. The van der Waals surface area contributed by atoms with Crippen LogP contribution >= 0.6 is 0 Å².